The zero-order valence-electron chi connectivity index (χ0n) is 18.0. The summed E-state index contributed by atoms with van der Waals surface area (Å²) in [6.45, 7) is 2.36. The number of rotatable bonds is 8. The number of fused-ring (bicyclic) bond motifs is 1. The summed E-state index contributed by atoms with van der Waals surface area (Å²) in [6.07, 6.45) is 7.37. The fraction of sp³-hybridized carbons (Fsp3) is 0.391. The second-order valence-electron chi connectivity index (χ2n) is 7.85. The second-order valence-corrected chi connectivity index (χ2v) is 7.85. The molecule has 0 saturated carbocycles. The number of aryl methyl sites for hydroxylation is 1. The van der Waals surface area contributed by atoms with Crippen molar-refractivity contribution in [2.75, 3.05) is 38.6 Å². The molecular weight excluding hydrogens is 410 g/mol. The van der Waals surface area contributed by atoms with Crippen LogP contribution in [0.3, 0.4) is 0 Å². The van der Waals surface area contributed by atoms with Crippen LogP contribution in [0.4, 0.5) is 10.6 Å². The summed E-state index contributed by atoms with van der Waals surface area (Å²) in [6, 6.07) is 6.74. The zero-order chi connectivity index (χ0) is 22.5. The molecule has 0 aliphatic carbocycles. The number of nitrogens with zero attached hydrogens (tertiary/aromatic N) is 4. The van der Waals surface area contributed by atoms with Crippen molar-refractivity contribution in [1.82, 2.24) is 19.8 Å². The molecule has 0 spiro atoms. The highest BCUT2D eigenvalue weighted by Gasteiger charge is 2.35. The van der Waals surface area contributed by atoms with E-state index in [1.54, 1.807) is 28.1 Å². The Morgan fingerprint density at radius 2 is 2.19 bits per heavy atom. The van der Waals surface area contributed by atoms with Crippen molar-refractivity contribution < 1.29 is 19.4 Å². The minimum Gasteiger partial charge on any atom is -0.481 e. The van der Waals surface area contributed by atoms with Gasteiger partial charge in [-0.15, -0.1) is 0 Å². The Morgan fingerprint density at radius 1 is 1.31 bits per heavy atom. The summed E-state index contributed by atoms with van der Waals surface area (Å²) in [5.74, 6) is 0.406. The average Bonchev–Trinajstić information content (AvgIpc) is 3.17. The quantitative estimate of drug-likeness (QED) is 0.654. The monoisotopic (exact) mass is 437 g/mol. The Hall–Kier alpha value is -3.62. The predicted octanol–water partition coefficient (Wildman–Crippen LogP) is 2.81. The van der Waals surface area contributed by atoms with Crippen molar-refractivity contribution >= 4 is 23.9 Å². The van der Waals surface area contributed by atoms with Gasteiger partial charge >= 0.3 is 12.0 Å². The molecular formula is C23H27N5O4. The van der Waals surface area contributed by atoms with Gasteiger partial charge in [-0.3, -0.25) is 4.79 Å². The van der Waals surface area contributed by atoms with Crippen LogP contribution in [-0.4, -0.2) is 70.2 Å². The molecule has 32 heavy (non-hydrogen) atoms. The van der Waals surface area contributed by atoms with Gasteiger partial charge in [-0.05, 0) is 36.1 Å². The lowest BCUT2D eigenvalue weighted by atomic mass is 10.0. The largest absolute Gasteiger partial charge is 0.481 e. The lowest BCUT2D eigenvalue weighted by molar-refractivity contribution is -0.138. The fourth-order valence-corrected chi connectivity index (χ4v) is 4.08. The van der Waals surface area contributed by atoms with Gasteiger partial charge in [-0.2, -0.15) is 0 Å². The van der Waals surface area contributed by atoms with Crippen LogP contribution in [0.1, 0.15) is 35.7 Å². The highest BCUT2D eigenvalue weighted by molar-refractivity contribution is 5.78. The number of methoxy groups -OCH3 is 1. The number of hydrogen-bond acceptors (Lipinski definition) is 6. The number of pyridine rings is 2. The Kier molecular flexibility index (Phi) is 6.53. The van der Waals surface area contributed by atoms with Crippen LogP contribution in [-0.2, 0) is 11.2 Å². The van der Waals surface area contributed by atoms with Crippen LogP contribution in [0, 0.1) is 0 Å². The summed E-state index contributed by atoms with van der Waals surface area (Å²) in [7, 11) is 1.52. The van der Waals surface area contributed by atoms with Crippen LogP contribution < -0.4 is 10.1 Å². The first kappa shape index (κ1) is 21.6. The first-order chi connectivity index (χ1) is 15.5. The fourth-order valence-electron chi connectivity index (χ4n) is 4.08. The van der Waals surface area contributed by atoms with E-state index in [-0.39, 0.29) is 12.5 Å². The van der Waals surface area contributed by atoms with Crippen LogP contribution in [0.15, 0.2) is 36.5 Å². The number of anilines is 1. The SMILES string of the molecule is COc1ccc([C@H](CC(=O)O)N2CCN(C/C=C\c3ccc4c(n3)NCCC4)C2=O)cn1. The third-order valence-electron chi connectivity index (χ3n) is 5.75. The standard InChI is InChI=1S/C23H27N5O4/c1-32-20-9-7-17(15-25-20)19(14-21(29)30)28-13-12-27(23(28)31)11-3-5-18-8-6-16-4-2-10-24-22(16)26-18/h3,5-9,15,19H,2,4,10-14H2,1H3,(H,24,26)(H,29,30)/b5-3-/t19-/m0/s1. The maximum absolute atomic E-state index is 13.0. The molecule has 0 unspecified atom stereocenters. The number of hydrogen-bond donors (Lipinski definition) is 2. The zero-order valence-corrected chi connectivity index (χ0v) is 18.0. The Balaban J connectivity index is 1.42. The number of nitrogens with one attached hydrogen (secondary N) is 1. The summed E-state index contributed by atoms with van der Waals surface area (Å²) in [5, 5.41) is 12.7. The lowest BCUT2D eigenvalue weighted by Gasteiger charge is -2.27. The smallest absolute Gasteiger partial charge is 0.320 e. The van der Waals surface area contributed by atoms with Crippen molar-refractivity contribution in [2.24, 2.45) is 0 Å². The second kappa shape index (κ2) is 9.67. The Labute approximate surface area is 186 Å². The van der Waals surface area contributed by atoms with Crippen molar-refractivity contribution in [1.29, 1.82) is 0 Å². The van der Waals surface area contributed by atoms with Gasteiger partial charge in [0.1, 0.15) is 5.82 Å². The molecule has 9 heteroatoms. The number of urea groups is 1. The molecule has 2 aliphatic rings. The van der Waals surface area contributed by atoms with E-state index in [2.05, 4.69) is 21.4 Å². The molecule has 1 atom stereocenters. The number of ether oxygens (including phenoxy) is 1. The predicted molar refractivity (Wildman–Crippen MR) is 120 cm³/mol. The highest BCUT2D eigenvalue weighted by Crippen LogP contribution is 2.29. The molecule has 2 amide bonds. The molecule has 4 heterocycles. The number of carboxylic acids is 1. The van der Waals surface area contributed by atoms with Gasteiger partial charge in [0.25, 0.3) is 0 Å². The molecule has 1 saturated heterocycles. The third-order valence-corrected chi connectivity index (χ3v) is 5.75. The number of carbonyl (C=O) groups is 2. The Morgan fingerprint density at radius 3 is 2.94 bits per heavy atom. The van der Waals surface area contributed by atoms with E-state index >= 15 is 0 Å². The van der Waals surface area contributed by atoms with Crippen LogP contribution in [0.5, 0.6) is 5.88 Å². The van der Waals surface area contributed by atoms with E-state index < -0.39 is 12.0 Å². The first-order valence-corrected chi connectivity index (χ1v) is 10.7. The molecule has 0 bridgehead atoms. The van der Waals surface area contributed by atoms with E-state index in [0.717, 1.165) is 30.9 Å². The summed E-state index contributed by atoms with van der Waals surface area (Å²) in [5.41, 5.74) is 2.75. The molecule has 1 fully saturated rings. The summed E-state index contributed by atoms with van der Waals surface area (Å²) in [4.78, 5) is 36.6. The van der Waals surface area contributed by atoms with Gasteiger partial charge in [0.05, 0.1) is 25.3 Å². The van der Waals surface area contributed by atoms with Crippen molar-refractivity contribution in [2.45, 2.75) is 25.3 Å². The molecule has 2 aromatic rings. The number of carbonyl (C=O) groups excluding carboxylic acids is 1. The molecule has 168 valence electrons. The van der Waals surface area contributed by atoms with Gasteiger partial charge in [-0.1, -0.05) is 18.2 Å². The molecule has 4 rings (SSSR count). The van der Waals surface area contributed by atoms with Crippen LogP contribution >= 0.6 is 0 Å². The Bertz CT molecular complexity index is 1010. The average molecular weight is 438 g/mol. The number of carboxylic acid groups (broad SMARTS) is 1. The van der Waals surface area contributed by atoms with E-state index in [9.17, 15) is 14.7 Å². The molecule has 2 aromatic heterocycles. The molecule has 9 nitrogen and oxygen atoms in total. The molecule has 2 aliphatic heterocycles. The maximum atomic E-state index is 13.0. The number of amides is 2. The van der Waals surface area contributed by atoms with Gasteiger partial charge in [0, 0.05) is 38.4 Å². The highest BCUT2D eigenvalue weighted by atomic mass is 16.5. The molecule has 0 aromatic carbocycles. The van der Waals surface area contributed by atoms with E-state index in [1.807, 2.05) is 18.2 Å². The van der Waals surface area contributed by atoms with Crippen LogP contribution in [0.2, 0.25) is 0 Å². The van der Waals surface area contributed by atoms with E-state index in [1.165, 1.54) is 12.7 Å². The van der Waals surface area contributed by atoms with Gasteiger partial charge in [-0.25, -0.2) is 14.8 Å². The third kappa shape index (κ3) is 4.82. The lowest BCUT2D eigenvalue weighted by Crippen LogP contribution is -2.35. The van der Waals surface area contributed by atoms with Gasteiger partial charge < -0.3 is 25.0 Å². The summed E-state index contributed by atoms with van der Waals surface area (Å²) >= 11 is 0. The van der Waals surface area contributed by atoms with Crippen molar-refractivity contribution in [3.63, 3.8) is 0 Å². The maximum Gasteiger partial charge on any atom is 0.320 e. The van der Waals surface area contributed by atoms with Crippen molar-refractivity contribution in [3.05, 3.63) is 53.4 Å². The summed E-state index contributed by atoms with van der Waals surface area (Å²) < 4.78 is 5.07. The van der Waals surface area contributed by atoms with E-state index in [4.69, 9.17) is 4.74 Å². The van der Waals surface area contributed by atoms with Crippen LogP contribution in [0.25, 0.3) is 6.08 Å². The minimum atomic E-state index is -0.968. The molecule has 0 radical (unpaired) electrons. The van der Waals surface area contributed by atoms with E-state index in [0.29, 0.717) is 31.1 Å². The van der Waals surface area contributed by atoms with Gasteiger partial charge in [0.2, 0.25) is 5.88 Å². The topological polar surface area (TPSA) is 108 Å². The normalized spacial score (nSPS) is 16.7. The molecule has 2 N–H and O–H groups in total. The van der Waals surface area contributed by atoms with Crippen molar-refractivity contribution in [3.8, 4) is 5.88 Å². The van der Waals surface area contributed by atoms with Gasteiger partial charge in [0.15, 0.2) is 0 Å². The number of aromatic nitrogens is 2. The number of aliphatic carboxylic acids is 1. The minimum absolute atomic E-state index is 0.184. The first-order valence-electron chi connectivity index (χ1n) is 10.7.